The van der Waals surface area contributed by atoms with Gasteiger partial charge in [0.15, 0.2) is 0 Å². The third-order valence-corrected chi connectivity index (χ3v) is 13.8. The molecule has 7 atom stereocenters. The lowest BCUT2D eigenvalue weighted by Gasteiger charge is -2.35. The highest BCUT2D eigenvalue weighted by Gasteiger charge is 2.62. The van der Waals surface area contributed by atoms with Crippen molar-refractivity contribution in [2.45, 2.75) is 120 Å². The third-order valence-electron chi connectivity index (χ3n) is 11.2. The number of methoxy groups -OCH3 is 1. The number of allylic oxidation sites excluding steroid dienone is 1. The van der Waals surface area contributed by atoms with Crippen LogP contribution in [0.4, 0.5) is 18.0 Å². The number of ether oxygens (including phenoxy) is 3. The number of carbonyl (C=O) groups excluding carboxylic acids is 4. The number of sulfonamides is 1. The summed E-state index contributed by atoms with van der Waals surface area (Å²) in [4.78, 5) is 66.3. The number of amides is 4. The Labute approximate surface area is 338 Å². The second-order valence-corrected chi connectivity index (χ2v) is 18.9. The number of nitrogens with zero attached hydrogens (tertiary/aromatic N) is 3. The topological polar surface area (TPSA) is 195 Å². The summed E-state index contributed by atoms with van der Waals surface area (Å²) >= 11 is 1.33. The maximum absolute atomic E-state index is 14.9. The number of hydrogen-bond acceptors (Lipinski definition) is 12. The van der Waals surface area contributed by atoms with E-state index in [9.17, 15) is 40.8 Å². The smallest absolute Gasteiger partial charge is 0.427 e. The minimum Gasteiger partial charge on any atom is -0.488 e. The van der Waals surface area contributed by atoms with Crippen molar-refractivity contribution in [1.29, 1.82) is 0 Å². The Kier molecular flexibility index (Phi) is 12.4. The van der Waals surface area contributed by atoms with Gasteiger partial charge in [0.05, 0.1) is 18.9 Å². The molecular formula is C38H49F3N6O9S2. The van der Waals surface area contributed by atoms with Crippen molar-refractivity contribution in [3.8, 4) is 22.3 Å². The van der Waals surface area contributed by atoms with Crippen LogP contribution in [0.15, 0.2) is 35.9 Å². The molecule has 4 heterocycles. The first-order valence-electron chi connectivity index (χ1n) is 19.3. The molecule has 15 nitrogen and oxygen atoms in total. The molecule has 0 aromatic carbocycles. The van der Waals surface area contributed by atoms with Crippen molar-refractivity contribution in [3.63, 3.8) is 0 Å². The number of fused-ring (bicyclic) bond motifs is 2. The van der Waals surface area contributed by atoms with Gasteiger partial charge < -0.3 is 29.7 Å². The zero-order valence-corrected chi connectivity index (χ0v) is 34.5. The fourth-order valence-electron chi connectivity index (χ4n) is 7.47. The van der Waals surface area contributed by atoms with E-state index in [1.165, 1.54) is 29.4 Å². The van der Waals surface area contributed by atoms with E-state index in [0.29, 0.717) is 63.1 Å². The van der Waals surface area contributed by atoms with Crippen molar-refractivity contribution in [3.05, 3.63) is 35.9 Å². The van der Waals surface area contributed by atoms with Crippen LogP contribution in [-0.4, -0.2) is 102 Å². The van der Waals surface area contributed by atoms with Gasteiger partial charge in [-0.05, 0) is 64.2 Å². The molecule has 58 heavy (non-hydrogen) atoms. The summed E-state index contributed by atoms with van der Waals surface area (Å²) in [7, 11) is -2.56. The number of aromatic nitrogens is 2. The van der Waals surface area contributed by atoms with Gasteiger partial charge in [0, 0.05) is 36.0 Å². The lowest BCUT2D eigenvalue weighted by Crippen LogP contribution is -2.59. The average molecular weight is 855 g/mol. The Balaban J connectivity index is 1.36. The lowest BCUT2D eigenvalue weighted by atomic mass is 9.85. The van der Waals surface area contributed by atoms with Gasteiger partial charge >= 0.3 is 12.3 Å². The second-order valence-electron chi connectivity index (χ2n) is 16.0. The maximum Gasteiger partial charge on any atom is 0.427 e. The number of nitrogens with one attached hydrogen (secondary N) is 3. The normalized spacial score (nSPS) is 28.2. The Morgan fingerprint density at radius 3 is 2.52 bits per heavy atom. The molecule has 0 radical (unpaired) electrons. The number of carbonyl (C=O) groups is 4. The van der Waals surface area contributed by atoms with Crippen LogP contribution in [0.1, 0.15) is 79.1 Å². The molecule has 318 valence electrons. The van der Waals surface area contributed by atoms with Crippen LogP contribution < -0.4 is 24.8 Å². The van der Waals surface area contributed by atoms with Crippen LogP contribution in [0.2, 0.25) is 0 Å². The van der Waals surface area contributed by atoms with Gasteiger partial charge in [-0.3, -0.25) is 19.1 Å². The van der Waals surface area contributed by atoms with Crippen LogP contribution >= 0.6 is 11.3 Å². The molecule has 2 aromatic rings. The molecule has 3 fully saturated rings. The molecule has 4 amide bonds. The lowest BCUT2D eigenvalue weighted by molar-refractivity contribution is -0.244. The van der Waals surface area contributed by atoms with Crippen molar-refractivity contribution < 1.29 is 55.0 Å². The molecule has 6 rings (SSSR count). The largest absolute Gasteiger partial charge is 0.488 e. The Bertz CT molecular complexity index is 2010. The summed E-state index contributed by atoms with van der Waals surface area (Å²) < 4.78 is 85.9. The second kappa shape index (κ2) is 16.7. The van der Waals surface area contributed by atoms with Crippen LogP contribution in [0.25, 0.3) is 10.7 Å². The van der Waals surface area contributed by atoms with E-state index in [4.69, 9.17) is 14.2 Å². The molecule has 0 bridgehead atoms. The van der Waals surface area contributed by atoms with Gasteiger partial charge in [0.25, 0.3) is 5.91 Å². The fourth-order valence-corrected chi connectivity index (χ4v) is 9.43. The summed E-state index contributed by atoms with van der Waals surface area (Å²) in [6.07, 6.45) is 0.727. The molecular weight excluding hydrogens is 806 g/mol. The van der Waals surface area contributed by atoms with Gasteiger partial charge in [-0.25, -0.2) is 23.2 Å². The molecule has 3 N–H and O–H groups in total. The summed E-state index contributed by atoms with van der Waals surface area (Å²) in [6, 6.07) is 0.400. The SMILES string of the molecule is CCC1CC(C)CCC=CC2CC2(C(=O)NS(=O)(=O)C2CC2)NC(=O)C2CC(Oc3cc(OC)nc(-c4nccs4)c3)CN2C(=O)C1NC(=O)OC(C)(C)C(F)(F)F. The highest BCUT2D eigenvalue weighted by atomic mass is 32.2. The summed E-state index contributed by atoms with van der Waals surface area (Å²) in [5.74, 6) is -3.11. The molecule has 1 saturated heterocycles. The van der Waals surface area contributed by atoms with Crippen molar-refractivity contribution in [2.24, 2.45) is 17.8 Å². The van der Waals surface area contributed by atoms with E-state index in [1.54, 1.807) is 30.6 Å². The van der Waals surface area contributed by atoms with E-state index < -0.39 is 86.4 Å². The van der Waals surface area contributed by atoms with Gasteiger partial charge in [0.2, 0.25) is 33.3 Å². The number of halogens is 3. The van der Waals surface area contributed by atoms with Gasteiger partial charge in [-0.15, -0.1) is 11.3 Å². The minimum absolute atomic E-state index is 0.0330. The minimum atomic E-state index is -4.92. The van der Waals surface area contributed by atoms with E-state index in [-0.39, 0.29) is 36.9 Å². The first-order chi connectivity index (χ1) is 27.3. The molecule has 0 spiro atoms. The quantitative estimate of drug-likeness (QED) is 0.276. The zero-order chi connectivity index (χ0) is 42.2. The number of pyridine rings is 1. The number of hydrogen-bond donors (Lipinski definition) is 3. The Morgan fingerprint density at radius 2 is 1.88 bits per heavy atom. The molecule has 2 saturated carbocycles. The standard InChI is InChI=1S/C38H49F3N6O9S2/c1-6-22-15-21(2)9-7-8-10-23-19-37(23,34(50)46-58(52,53)26-11-12-26)45-31(48)28-17-25(55-24-16-27(32-42-13-14-57-32)43-29(18-24)54-5)20-47(28)33(49)30(22)44-35(51)56-36(3,4)38(39,40)41/h8,10,13-14,16,18,21-23,25-26,28,30H,6-7,9,11-12,15,17,19-20H2,1-5H3,(H,44,51)(H,45,48)(H,46,50). The predicted molar refractivity (Wildman–Crippen MR) is 205 cm³/mol. The number of alkyl carbamates (subject to hydrolysis) is 1. The number of alkyl halides is 3. The molecule has 2 aromatic heterocycles. The van der Waals surface area contributed by atoms with Crippen LogP contribution in [0.5, 0.6) is 11.6 Å². The van der Waals surface area contributed by atoms with Gasteiger partial charge in [-0.1, -0.05) is 32.4 Å². The van der Waals surface area contributed by atoms with Gasteiger partial charge in [-0.2, -0.15) is 13.2 Å². The zero-order valence-electron chi connectivity index (χ0n) is 32.8. The predicted octanol–water partition coefficient (Wildman–Crippen LogP) is 4.88. The van der Waals surface area contributed by atoms with E-state index in [2.05, 4.69) is 25.3 Å². The van der Waals surface area contributed by atoms with Crippen LogP contribution in [0.3, 0.4) is 0 Å². The number of thiazole rings is 1. The van der Waals surface area contributed by atoms with E-state index in [0.717, 1.165) is 0 Å². The fraction of sp³-hybridized carbons (Fsp3) is 0.632. The van der Waals surface area contributed by atoms with E-state index in [1.807, 2.05) is 13.0 Å². The van der Waals surface area contributed by atoms with Crippen LogP contribution in [-0.2, 0) is 29.1 Å². The molecule has 20 heteroatoms. The monoisotopic (exact) mass is 854 g/mol. The third kappa shape index (κ3) is 9.53. The average Bonchev–Trinajstić information content (AvgIpc) is 4.01. The van der Waals surface area contributed by atoms with Crippen molar-refractivity contribution >= 4 is 45.2 Å². The number of rotatable bonds is 10. The van der Waals surface area contributed by atoms with Gasteiger partial charge in [0.1, 0.15) is 40.2 Å². The first-order valence-corrected chi connectivity index (χ1v) is 21.7. The Morgan fingerprint density at radius 1 is 1.14 bits per heavy atom. The summed E-state index contributed by atoms with van der Waals surface area (Å²) in [5.41, 5.74) is -4.08. The summed E-state index contributed by atoms with van der Waals surface area (Å²) in [5, 5.41) is 6.86. The van der Waals surface area contributed by atoms with E-state index >= 15 is 0 Å². The highest BCUT2D eigenvalue weighted by Crippen LogP contribution is 2.46. The molecule has 2 aliphatic heterocycles. The molecule has 7 unspecified atom stereocenters. The molecule has 2 aliphatic carbocycles. The van der Waals surface area contributed by atoms with Crippen molar-refractivity contribution in [1.82, 2.24) is 30.2 Å². The summed E-state index contributed by atoms with van der Waals surface area (Å²) in [6.45, 7) is 4.93. The maximum atomic E-state index is 14.9. The highest BCUT2D eigenvalue weighted by molar-refractivity contribution is 7.91. The molecule has 4 aliphatic rings. The Hall–Kier alpha value is -4.46. The van der Waals surface area contributed by atoms with Crippen molar-refractivity contribution in [2.75, 3.05) is 13.7 Å². The van der Waals surface area contributed by atoms with Crippen LogP contribution in [0, 0.1) is 17.8 Å². The first kappa shape index (κ1) is 43.1.